The minimum absolute atomic E-state index is 0.115. The first kappa shape index (κ1) is 25.9. The molecule has 1 saturated heterocycles. The van der Waals surface area contributed by atoms with Crippen LogP contribution in [0, 0.1) is 11.3 Å². The summed E-state index contributed by atoms with van der Waals surface area (Å²) in [5.74, 6) is 1.21. The number of nitrogens with zero attached hydrogens (tertiary/aromatic N) is 4. The van der Waals surface area contributed by atoms with Crippen LogP contribution in [-0.2, 0) is 4.74 Å². The van der Waals surface area contributed by atoms with Crippen LogP contribution < -0.4 is 19.9 Å². The van der Waals surface area contributed by atoms with Gasteiger partial charge in [0.15, 0.2) is 0 Å². The van der Waals surface area contributed by atoms with Gasteiger partial charge in [-0.2, -0.15) is 5.26 Å². The van der Waals surface area contributed by atoms with Crippen LogP contribution in [0.5, 0.6) is 5.75 Å². The second-order valence-electron chi connectivity index (χ2n) is 8.56. The molecule has 1 atom stereocenters. The molecule has 0 aliphatic carbocycles. The fourth-order valence-electron chi connectivity index (χ4n) is 4.06. The first-order valence-electron chi connectivity index (χ1n) is 12.3. The number of piperazine rings is 1. The number of nitriles is 1. The van der Waals surface area contributed by atoms with Crippen molar-refractivity contribution in [3.63, 3.8) is 0 Å². The molecule has 1 aliphatic heterocycles. The van der Waals surface area contributed by atoms with E-state index in [0.717, 1.165) is 37.7 Å². The van der Waals surface area contributed by atoms with Crippen LogP contribution in [-0.4, -0.2) is 63.1 Å². The van der Waals surface area contributed by atoms with Gasteiger partial charge in [-0.1, -0.05) is 0 Å². The topological polar surface area (TPSA) is 90.7 Å². The van der Waals surface area contributed by atoms with Crippen molar-refractivity contribution < 1.29 is 18.7 Å². The average molecular weight is 504 g/mol. The monoisotopic (exact) mass is 503 g/mol. The Hall–Kier alpha value is -4.16. The van der Waals surface area contributed by atoms with Crippen LogP contribution in [0.15, 0.2) is 66.9 Å². The van der Waals surface area contributed by atoms with Crippen molar-refractivity contribution in [2.45, 2.75) is 13.0 Å². The molecule has 1 aliphatic rings. The normalized spacial score (nSPS) is 14.1. The van der Waals surface area contributed by atoms with E-state index in [2.05, 4.69) is 26.2 Å². The number of rotatable bonds is 10. The van der Waals surface area contributed by atoms with E-state index in [9.17, 15) is 9.18 Å². The Bertz CT molecular complexity index is 1190. The highest BCUT2D eigenvalue weighted by molar-refractivity contribution is 6.04. The van der Waals surface area contributed by atoms with Gasteiger partial charge < -0.3 is 24.6 Å². The van der Waals surface area contributed by atoms with Gasteiger partial charge in [0.1, 0.15) is 37.0 Å². The average Bonchev–Trinajstić information content (AvgIpc) is 2.96. The van der Waals surface area contributed by atoms with Crippen LogP contribution in [0.4, 0.5) is 21.6 Å². The highest BCUT2D eigenvalue weighted by atomic mass is 19.1. The number of nitrogens with one attached hydrogen (secondary N) is 1. The molecule has 0 bridgehead atoms. The molecule has 8 nitrogen and oxygen atoms in total. The molecule has 3 aromatic rings. The molecule has 1 N–H and O–H groups in total. The van der Waals surface area contributed by atoms with Crippen molar-refractivity contribution in [1.82, 2.24) is 4.98 Å². The van der Waals surface area contributed by atoms with Crippen molar-refractivity contribution in [2.75, 3.05) is 61.2 Å². The number of carbonyl (C=O) groups is 1. The maximum absolute atomic E-state index is 12.9. The number of aromatic nitrogens is 1. The first-order valence-corrected chi connectivity index (χ1v) is 12.3. The Kier molecular flexibility index (Phi) is 8.89. The smallest absolute Gasteiger partial charge is 0.255 e. The number of hydrogen-bond donors (Lipinski definition) is 1. The van der Waals surface area contributed by atoms with E-state index in [1.54, 1.807) is 36.5 Å². The van der Waals surface area contributed by atoms with Crippen molar-refractivity contribution in [2.24, 2.45) is 0 Å². The van der Waals surface area contributed by atoms with E-state index < -0.39 is 12.8 Å². The number of halogens is 1. The van der Waals surface area contributed by atoms with Crippen LogP contribution in [0.3, 0.4) is 0 Å². The molecule has 2 aromatic carbocycles. The Morgan fingerprint density at radius 3 is 2.35 bits per heavy atom. The second kappa shape index (κ2) is 12.7. The summed E-state index contributed by atoms with van der Waals surface area (Å²) in [6, 6.07) is 20.3. The van der Waals surface area contributed by atoms with Gasteiger partial charge in [0.2, 0.25) is 0 Å². The largest absolute Gasteiger partial charge is 0.491 e. The second-order valence-corrected chi connectivity index (χ2v) is 8.56. The van der Waals surface area contributed by atoms with E-state index >= 15 is 0 Å². The van der Waals surface area contributed by atoms with Gasteiger partial charge in [0.05, 0.1) is 5.56 Å². The molecule has 0 radical (unpaired) electrons. The SMILES string of the molecule is CCOC(CF)COc1ccc(C(=O)Nc2ccc(N3CCN(c4ccc(C#N)cn4)CC3)cc2)cc1. The molecule has 192 valence electrons. The highest BCUT2D eigenvalue weighted by Crippen LogP contribution is 2.22. The van der Waals surface area contributed by atoms with Gasteiger partial charge in [-0.05, 0) is 67.6 Å². The first-order chi connectivity index (χ1) is 18.1. The predicted octanol–water partition coefficient (Wildman–Crippen LogP) is 4.29. The zero-order valence-electron chi connectivity index (χ0n) is 20.8. The van der Waals surface area contributed by atoms with Gasteiger partial charge in [-0.15, -0.1) is 0 Å². The molecule has 1 unspecified atom stereocenters. The molecule has 1 aromatic heterocycles. The molecule has 4 rings (SSSR count). The third-order valence-corrected chi connectivity index (χ3v) is 6.10. The zero-order valence-corrected chi connectivity index (χ0v) is 20.8. The molecular formula is C28H30FN5O3. The van der Waals surface area contributed by atoms with Crippen molar-refractivity contribution in [1.29, 1.82) is 5.26 Å². The van der Waals surface area contributed by atoms with Crippen LogP contribution in [0.25, 0.3) is 0 Å². The van der Waals surface area contributed by atoms with Crippen LogP contribution >= 0.6 is 0 Å². The number of amides is 1. The summed E-state index contributed by atoms with van der Waals surface area (Å²) in [5, 5.41) is 11.9. The van der Waals surface area contributed by atoms with Gasteiger partial charge in [-0.3, -0.25) is 4.79 Å². The molecule has 0 saturated carbocycles. The maximum atomic E-state index is 12.9. The molecule has 1 fully saturated rings. The molecule has 37 heavy (non-hydrogen) atoms. The summed E-state index contributed by atoms with van der Waals surface area (Å²) in [6.07, 6.45) is 1.00. The lowest BCUT2D eigenvalue weighted by molar-refractivity contribution is 0.0125. The molecule has 1 amide bonds. The molecule has 9 heteroatoms. The molecule has 0 spiro atoms. The lowest BCUT2D eigenvalue weighted by Gasteiger charge is -2.36. The lowest BCUT2D eigenvalue weighted by atomic mass is 10.2. The Balaban J connectivity index is 1.26. The summed E-state index contributed by atoms with van der Waals surface area (Å²) in [4.78, 5) is 21.5. The minimum atomic E-state index is -0.612. The molecule has 2 heterocycles. The zero-order chi connectivity index (χ0) is 26.0. The van der Waals surface area contributed by atoms with Crippen molar-refractivity contribution in [3.8, 4) is 11.8 Å². The highest BCUT2D eigenvalue weighted by Gasteiger charge is 2.18. The summed E-state index contributed by atoms with van der Waals surface area (Å²) < 4.78 is 23.7. The van der Waals surface area contributed by atoms with E-state index in [1.807, 2.05) is 37.3 Å². The Morgan fingerprint density at radius 1 is 1.05 bits per heavy atom. The standard InChI is InChI=1S/C28H30FN5O3/c1-2-36-26(17-29)20-37-25-10-4-22(5-11-25)28(35)32-23-6-8-24(9-7-23)33-13-15-34(16-14-33)27-12-3-21(18-30)19-31-27/h3-12,19,26H,2,13-17,20H2,1H3,(H,32,35). The fourth-order valence-corrected chi connectivity index (χ4v) is 4.06. The van der Waals surface area contributed by atoms with Gasteiger partial charge in [0, 0.05) is 55.9 Å². The predicted molar refractivity (Wildman–Crippen MR) is 141 cm³/mol. The number of ether oxygens (including phenoxy) is 2. The summed E-state index contributed by atoms with van der Waals surface area (Å²) in [7, 11) is 0. The quantitative estimate of drug-likeness (QED) is 0.442. The number of carbonyl (C=O) groups excluding carboxylic acids is 1. The minimum Gasteiger partial charge on any atom is -0.491 e. The van der Waals surface area contributed by atoms with E-state index in [1.165, 1.54) is 0 Å². The van der Waals surface area contributed by atoms with Crippen molar-refractivity contribution in [3.05, 3.63) is 78.0 Å². The van der Waals surface area contributed by atoms with Gasteiger partial charge >= 0.3 is 0 Å². The Labute approximate surface area is 216 Å². The van der Waals surface area contributed by atoms with E-state index in [4.69, 9.17) is 14.7 Å². The van der Waals surface area contributed by atoms with Crippen LogP contribution in [0.1, 0.15) is 22.8 Å². The number of anilines is 3. The summed E-state index contributed by atoms with van der Waals surface area (Å²) >= 11 is 0. The third kappa shape index (κ3) is 6.96. The molecular weight excluding hydrogens is 473 g/mol. The maximum Gasteiger partial charge on any atom is 0.255 e. The van der Waals surface area contributed by atoms with Gasteiger partial charge in [0.25, 0.3) is 5.91 Å². The van der Waals surface area contributed by atoms with Crippen LogP contribution in [0.2, 0.25) is 0 Å². The number of benzene rings is 2. The van der Waals surface area contributed by atoms with E-state index in [0.29, 0.717) is 29.2 Å². The Morgan fingerprint density at radius 2 is 1.76 bits per heavy atom. The van der Waals surface area contributed by atoms with Gasteiger partial charge in [-0.25, -0.2) is 9.37 Å². The number of hydrogen-bond acceptors (Lipinski definition) is 7. The van der Waals surface area contributed by atoms with E-state index in [-0.39, 0.29) is 12.5 Å². The number of alkyl halides is 1. The summed E-state index contributed by atoms with van der Waals surface area (Å²) in [6.45, 7) is 5.09. The lowest BCUT2D eigenvalue weighted by Crippen LogP contribution is -2.46. The third-order valence-electron chi connectivity index (χ3n) is 6.10. The number of pyridine rings is 1. The fraction of sp³-hybridized carbons (Fsp3) is 0.321. The van der Waals surface area contributed by atoms with Crippen molar-refractivity contribution >= 4 is 23.1 Å². The summed E-state index contributed by atoms with van der Waals surface area (Å²) in [5.41, 5.74) is 2.85.